The van der Waals surface area contributed by atoms with Gasteiger partial charge in [-0.15, -0.1) is 0 Å². The topological polar surface area (TPSA) is 41.3 Å². The molecule has 1 aromatic heterocycles. The quantitative estimate of drug-likeness (QED) is 0.642. The largest absolute Gasteiger partial charge is 0.387 e. The number of aliphatic hydroxyl groups excluding tert-OH is 1. The molecule has 20 heavy (non-hydrogen) atoms. The van der Waals surface area contributed by atoms with E-state index < -0.39 is 6.10 Å². The van der Waals surface area contributed by atoms with E-state index in [-0.39, 0.29) is 0 Å². The fraction of sp³-hybridized carbons (Fsp3) is 0.688. The molecule has 4 nitrogen and oxygen atoms in total. The predicted octanol–water partition coefficient (Wildman–Crippen LogP) is 2.89. The monoisotopic (exact) mass is 277 g/mol. The number of nitrogens with zero attached hydrogens (tertiary/aromatic N) is 3. The maximum atomic E-state index is 9.64. The van der Waals surface area contributed by atoms with Crippen molar-refractivity contribution < 1.29 is 5.11 Å². The number of hydrogen-bond acceptors (Lipinski definition) is 3. The van der Waals surface area contributed by atoms with E-state index in [2.05, 4.69) is 39.8 Å². The molecule has 1 N–H and O–H groups in total. The summed E-state index contributed by atoms with van der Waals surface area (Å²) in [5.41, 5.74) is 2.04. The number of aromatic nitrogens is 2. The second-order valence-electron chi connectivity index (χ2n) is 5.61. The van der Waals surface area contributed by atoms with E-state index in [1.54, 1.807) is 6.92 Å². The Bertz CT molecular complexity index is 437. The maximum absolute atomic E-state index is 9.64. The van der Waals surface area contributed by atoms with E-state index >= 15 is 0 Å². The van der Waals surface area contributed by atoms with E-state index in [0.717, 1.165) is 44.7 Å². The lowest BCUT2D eigenvalue weighted by Crippen LogP contribution is -2.24. The minimum atomic E-state index is -0.470. The van der Waals surface area contributed by atoms with Crippen molar-refractivity contribution in [2.24, 2.45) is 0 Å². The molecule has 0 aromatic carbocycles. The van der Waals surface area contributed by atoms with Crippen molar-refractivity contribution in [1.29, 1.82) is 0 Å². The fourth-order valence-electron chi connectivity index (χ4n) is 2.66. The van der Waals surface area contributed by atoms with Crippen LogP contribution >= 0.6 is 0 Å². The Labute approximate surface area is 122 Å². The molecule has 2 rings (SSSR count). The second kappa shape index (κ2) is 7.60. The Morgan fingerprint density at radius 1 is 1.40 bits per heavy atom. The Morgan fingerprint density at radius 2 is 2.25 bits per heavy atom. The zero-order valence-corrected chi connectivity index (χ0v) is 12.8. The fourth-order valence-corrected chi connectivity index (χ4v) is 2.66. The van der Waals surface area contributed by atoms with Gasteiger partial charge in [0, 0.05) is 19.6 Å². The van der Waals surface area contributed by atoms with Gasteiger partial charge in [0.1, 0.15) is 0 Å². The lowest BCUT2D eigenvalue weighted by molar-refractivity contribution is 0.193. The van der Waals surface area contributed by atoms with Crippen LogP contribution in [0.15, 0.2) is 18.2 Å². The molecule has 1 unspecified atom stereocenters. The Kier molecular flexibility index (Phi) is 5.80. The number of aliphatic hydroxyl groups is 1. The molecule has 0 aliphatic carbocycles. The van der Waals surface area contributed by atoms with Gasteiger partial charge in [-0.05, 0) is 45.2 Å². The molecule has 2 heterocycles. The molecular formula is C16H27N3O. The molecule has 0 radical (unpaired) electrons. The standard InChI is InChI=1S/C16H27N3O/c1-3-4-5-6-7-9-18-10-8-11-19-15(13-18)12-16(17-19)14(2)20/h4-5,12,14,20H,3,6-11,13H2,1-2H3/b5-4-. The molecule has 0 saturated heterocycles. The highest BCUT2D eigenvalue weighted by Crippen LogP contribution is 2.18. The SMILES string of the molecule is CC/C=C\CCCN1CCCn2nc(C(C)O)cc2C1. The second-order valence-corrected chi connectivity index (χ2v) is 5.61. The third kappa shape index (κ3) is 4.18. The molecule has 112 valence electrons. The number of rotatable bonds is 6. The molecule has 1 aromatic rings. The van der Waals surface area contributed by atoms with Crippen LogP contribution in [0.25, 0.3) is 0 Å². The molecule has 0 fully saturated rings. The lowest BCUT2D eigenvalue weighted by atomic mass is 10.2. The van der Waals surface area contributed by atoms with Crippen molar-refractivity contribution >= 4 is 0 Å². The van der Waals surface area contributed by atoms with Crippen molar-refractivity contribution in [3.63, 3.8) is 0 Å². The van der Waals surface area contributed by atoms with Crippen LogP contribution in [0, 0.1) is 0 Å². The summed E-state index contributed by atoms with van der Waals surface area (Å²) in [5.74, 6) is 0. The van der Waals surface area contributed by atoms with Gasteiger partial charge in [-0.1, -0.05) is 19.1 Å². The van der Waals surface area contributed by atoms with Gasteiger partial charge < -0.3 is 5.11 Å². The highest BCUT2D eigenvalue weighted by Gasteiger charge is 2.17. The lowest BCUT2D eigenvalue weighted by Gasteiger charge is -2.18. The maximum Gasteiger partial charge on any atom is 0.0950 e. The summed E-state index contributed by atoms with van der Waals surface area (Å²) in [6.45, 7) is 8.16. The molecule has 1 atom stereocenters. The van der Waals surface area contributed by atoms with Gasteiger partial charge in [-0.2, -0.15) is 5.10 Å². The van der Waals surface area contributed by atoms with Crippen LogP contribution in [0.1, 0.15) is 57.0 Å². The van der Waals surface area contributed by atoms with E-state index in [1.165, 1.54) is 18.5 Å². The minimum absolute atomic E-state index is 0.470. The van der Waals surface area contributed by atoms with Crippen LogP contribution in [-0.2, 0) is 13.1 Å². The van der Waals surface area contributed by atoms with Gasteiger partial charge >= 0.3 is 0 Å². The molecule has 1 aliphatic heterocycles. The number of aryl methyl sites for hydroxylation is 1. The summed E-state index contributed by atoms with van der Waals surface area (Å²) in [6.07, 6.45) is 8.71. The van der Waals surface area contributed by atoms with Gasteiger partial charge in [0.05, 0.1) is 17.5 Å². The summed E-state index contributed by atoms with van der Waals surface area (Å²) < 4.78 is 2.07. The van der Waals surface area contributed by atoms with Crippen LogP contribution in [0.5, 0.6) is 0 Å². The molecule has 4 heteroatoms. The van der Waals surface area contributed by atoms with Crippen LogP contribution in [0.4, 0.5) is 0 Å². The van der Waals surface area contributed by atoms with E-state index in [1.807, 2.05) is 0 Å². The van der Waals surface area contributed by atoms with E-state index in [0.29, 0.717) is 0 Å². The van der Waals surface area contributed by atoms with Crippen LogP contribution in [-0.4, -0.2) is 32.9 Å². The van der Waals surface area contributed by atoms with Crippen LogP contribution < -0.4 is 0 Å². The first kappa shape index (κ1) is 15.3. The average molecular weight is 277 g/mol. The highest BCUT2D eigenvalue weighted by molar-refractivity contribution is 5.13. The molecule has 0 bridgehead atoms. The van der Waals surface area contributed by atoms with Crippen molar-refractivity contribution in [2.45, 2.75) is 58.7 Å². The third-order valence-electron chi connectivity index (χ3n) is 3.79. The first-order valence-electron chi connectivity index (χ1n) is 7.82. The van der Waals surface area contributed by atoms with Gasteiger partial charge in [0.25, 0.3) is 0 Å². The van der Waals surface area contributed by atoms with Gasteiger partial charge in [0.15, 0.2) is 0 Å². The Morgan fingerprint density at radius 3 is 3.00 bits per heavy atom. The van der Waals surface area contributed by atoms with Crippen molar-refractivity contribution in [3.8, 4) is 0 Å². The highest BCUT2D eigenvalue weighted by atomic mass is 16.3. The molecule has 0 amide bonds. The predicted molar refractivity (Wildman–Crippen MR) is 81.4 cm³/mol. The van der Waals surface area contributed by atoms with E-state index in [9.17, 15) is 5.11 Å². The number of fused-ring (bicyclic) bond motifs is 1. The zero-order valence-electron chi connectivity index (χ0n) is 12.8. The average Bonchev–Trinajstić information content (AvgIpc) is 2.72. The Hall–Kier alpha value is -1.13. The first-order chi connectivity index (χ1) is 9.70. The smallest absolute Gasteiger partial charge is 0.0950 e. The summed E-state index contributed by atoms with van der Waals surface area (Å²) >= 11 is 0. The molecular weight excluding hydrogens is 250 g/mol. The summed E-state index contributed by atoms with van der Waals surface area (Å²) in [5, 5.41) is 14.1. The first-order valence-corrected chi connectivity index (χ1v) is 7.82. The summed E-state index contributed by atoms with van der Waals surface area (Å²) in [6, 6.07) is 2.06. The van der Waals surface area contributed by atoms with Crippen LogP contribution in [0.2, 0.25) is 0 Å². The number of unbranched alkanes of at least 4 members (excludes halogenated alkanes) is 1. The molecule has 1 aliphatic rings. The number of allylic oxidation sites excluding steroid dienone is 2. The summed E-state index contributed by atoms with van der Waals surface area (Å²) in [4.78, 5) is 2.51. The number of hydrogen-bond donors (Lipinski definition) is 1. The van der Waals surface area contributed by atoms with Gasteiger partial charge in [0.2, 0.25) is 0 Å². The third-order valence-corrected chi connectivity index (χ3v) is 3.79. The van der Waals surface area contributed by atoms with Crippen molar-refractivity contribution in [3.05, 3.63) is 29.6 Å². The molecule has 0 saturated carbocycles. The van der Waals surface area contributed by atoms with Gasteiger partial charge in [-0.25, -0.2) is 0 Å². The van der Waals surface area contributed by atoms with Crippen molar-refractivity contribution in [1.82, 2.24) is 14.7 Å². The van der Waals surface area contributed by atoms with E-state index in [4.69, 9.17) is 0 Å². The minimum Gasteiger partial charge on any atom is -0.387 e. The summed E-state index contributed by atoms with van der Waals surface area (Å²) in [7, 11) is 0. The van der Waals surface area contributed by atoms with Crippen LogP contribution in [0.3, 0.4) is 0 Å². The van der Waals surface area contributed by atoms with Crippen molar-refractivity contribution in [2.75, 3.05) is 13.1 Å². The Balaban J connectivity index is 1.88. The zero-order chi connectivity index (χ0) is 14.4. The molecule has 0 spiro atoms. The normalized spacial score (nSPS) is 18.1. The van der Waals surface area contributed by atoms with Gasteiger partial charge in [-0.3, -0.25) is 9.58 Å².